The van der Waals surface area contributed by atoms with Crippen LogP contribution in [0.1, 0.15) is 57.3 Å². The molecule has 0 aliphatic carbocycles. The van der Waals surface area contributed by atoms with Gasteiger partial charge in [-0.25, -0.2) is 4.39 Å². The van der Waals surface area contributed by atoms with Gasteiger partial charge in [-0.05, 0) is 18.6 Å². The zero-order valence-electron chi connectivity index (χ0n) is 13.9. The molecular formula is C18H26F2O3. The number of methoxy groups -OCH3 is 1. The number of rotatable bonds is 8. The molecule has 0 amide bonds. The van der Waals surface area contributed by atoms with Gasteiger partial charge in [-0.1, -0.05) is 39.0 Å². The van der Waals surface area contributed by atoms with Crippen molar-refractivity contribution in [3.05, 3.63) is 29.3 Å². The molecule has 0 bridgehead atoms. The van der Waals surface area contributed by atoms with Crippen LogP contribution in [0.3, 0.4) is 0 Å². The minimum Gasteiger partial charge on any atom is -0.493 e. The topological polar surface area (TPSA) is 27.7 Å². The normalized spacial score (nSPS) is 21.4. The Kier molecular flexibility index (Phi) is 7.24. The standard InChI is InChI=1S/C18H26F2O3/c1-3-4-5-6-7-8-13-11-22-18(23-12-13)14-9-10-15(19)16(20)17(14)21-2/h9-10,13,18H,3-8,11-12H2,1-2H3. The van der Waals surface area contributed by atoms with Crippen molar-refractivity contribution in [2.75, 3.05) is 20.3 Å². The Bertz CT molecular complexity index is 485. The Morgan fingerprint density at radius 1 is 1.09 bits per heavy atom. The van der Waals surface area contributed by atoms with Gasteiger partial charge in [-0.15, -0.1) is 0 Å². The van der Waals surface area contributed by atoms with E-state index in [0.717, 1.165) is 12.5 Å². The van der Waals surface area contributed by atoms with E-state index >= 15 is 0 Å². The van der Waals surface area contributed by atoms with Crippen LogP contribution in [0.2, 0.25) is 0 Å². The van der Waals surface area contributed by atoms with Crippen LogP contribution in [0.4, 0.5) is 8.78 Å². The van der Waals surface area contributed by atoms with Crippen LogP contribution < -0.4 is 4.74 Å². The van der Waals surface area contributed by atoms with Gasteiger partial charge in [0.15, 0.2) is 17.9 Å². The van der Waals surface area contributed by atoms with Gasteiger partial charge in [-0.3, -0.25) is 0 Å². The molecule has 1 saturated heterocycles. The number of hydrogen-bond acceptors (Lipinski definition) is 3. The number of hydrogen-bond donors (Lipinski definition) is 0. The van der Waals surface area contributed by atoms with E-state index in [2.05, 4.69) is 6.92 Å². The fourth-order valence-electron chi connectivity index (χ4n) is 2.87. The first-order valence-corrected chi connectivity index (χ1v) is 8.42. The summed E-state index contributed by atoms with van der Waals surface area (Å²) in [6, 6.07) is 2.52. The summed E-state index contributed by atoms with van der Waals surface area (Å²) in [6.45, 7) is 3.34. The summed E-state index contributed by atoms with van der Waals surface area (Å²) >= 11 is 0. The van der Waals surface area contributed by atoms with Crippen LogP contribution in [0.15, 0.2) is 12.1 Å². The Balaban J connectivity index is 1.84. The van der Waals surface area contributed by atoms with Gasteiger partial charge < -0.3 is 14.2 Å². The molecule has 3 nitrogen and oxygen atoms in total. The third kappa shape index (κ3) is 4.88. The molecule has 1 aliphatic heterocycles. The fraction of sp³-hybridized carbons (Fsp3) is 0.667. The third-order valence-corrected chi connectivity index (χ3v) is 4.22. The minimum atomic E-state index is -1.00. The summed E-state index contributed by atoms with van der Waals surface area (Å²) in [5.74, 6) is -1.72. The summed E-state index contributed by atoms with van der Waals surface area (Å²) in [5, 5.41) is 0. The average molecular weight is 328 g/mol. The Labute approximate surface area is 136 Å². The zero-order chi connectivity index (χ0) is 16.7. The van der Waals surface area contributed by atoms with Crippen LogP contribution in [0, 0.1) is 17.6 Å². The molecule has 0 N–H and O–H groups in total. The number of halogens is 2. The largest absolute Gasteiger partial charge is 0.493 e. The first-order chi connectivity index (χ1) is 11.2. The van der Waals surface area contributed by atoms with E-state index in [-0.39, 0.29) is 5.75 Å². The van der Waals surface area contributed by atoms with E-state index in [9.17, 15) is 8.78 Å². The summed E-state index contributed by atoms with van der Waals surface area (Å²) < 4.78 is 43.4. The predicted octanol–water partition coefficient (Wildman–Crippen LogP) is 5.00. The van der Waals surface area contributed by atoms with E-state index < -0.39 is 17.9 Å². The predicted molar refractivity (Wildman–Crippen MR) is 84.4 cm³/mol. The summed E-state index contributed by atoms with van der Waals surface area (Å²) in [4.78, 5) is 0. The van der Waals surface area contributed by atoms with Gasteiger partial charge >= 0.3 is 0 Å². The van der Waals surface area contributed by atoms with Gasteiger partial charge in [0.25, 0.3) is 0 Å². The molecular weight excluding hydrogens is 302 g/mol. The van der Waals surface area contributed by atoms with Gasteiger partial charge in [-0.2, -0.15) is 4.39 Å². The molecule has 1 aromatic carbocycles. The molecule has 0 saturated carbocycles. The molecule has 1 aliphatic rings. The first kappa shape index (κ1) is 18.1. The molecule has 0 spiro atoms. The molecule has 2 rings (SSSR count). The fourth-order valence-corrected chi connectivity index (χ4v) is 2.87. The van der Waals surface area contributed by atoms with Crippen molar-refractivity contribution >= 4 is 0 Å². The highest BCUT2D eigenvalue weighted by molar-refractivity contribution is 5.36. The molecule has 0 aromatic heterocycles. The summed E-state index contributed by atoms with van der Waals surface area (Å²) in [5.41, 5.74) is 0.396. The maximum atomic E-state index is 13.8. The first-order valence-electron chi connectivity index (χ1n) is 8.42. The Morgan fingerprint density at radius 3 is 2.43 bits per heavy atom. The third-order valence-electron chi connectivity index (χ3n) is 4.22. The van der Waals surface area contributed by atoms with Crippen molar-refractivity contribution in [1.82, 2.24) is 0 Å². The smallest absolute Gasteiger partial charge is 0.201 e. The van der Waals surface area contributed by atoms with Crippen molar-refractivity contribution in [1.29, 1.82) is 0 Å². The van der Waals surface area contributed by atoms with Crippen molar-refractivity contribution in [2.45, 2.75) is 51.7 Å². The SMILES string of the molecule is CCCCCCCC1COC(c2ccc(F)c(F)c2OC)OC1. The van der Waals surface area contributed by atoms with Gasteiger partial charge in [0, 0.05) is 5.92 Å². The quantitative estimate of drug-likeness (QED) is 0.629. The molecule has 23 heavy (non-hydrogen) atoms. The van der Waals surface area contributed by atoms with Crippen molar-refractivity contribution in [2.24, 2.45) is 5.92 Å². The molecule has 0 radical (unpaired) electrons. The van der Waals surface area contributed by atoms with E-state index in [4.69, 9.17) is 14.2 Å². The lowest BCUT2D eigenvalue weighted by Gasteiger charge is -2.30. The Morgan fingerprint density at radius 2 is 1.78 bits per heavy atom. The van der Waals surface area contributed by atoms with E-state index in [1.807, 2.05) is 0 Å². The van der Waals surface area contributed by atoms with Crippen LogP contribution in [0.5, 0.6) is 5.75 Å². The highest BCUT2D eigenvalue weighted by Crippen LogP contribution is 2.35. The second-order valence-corrected chi connectivity index (χ2v) is 6.05. The molecule has 0 unspecified atom stereocenters. The van der Waals surface area contributed by atoms with E-state index in [1.165, 1.54) is 45.3 Å². The lowest BCUT2D eigenvalue weighted by atomic mass is 10.0. The van der Waals surface area contributed by atoms with Crippen LogP contribution in [-0.4, -0.2) is 20.3 Å². The molecule has 1 heterocycles. The minimum absolute atomic E-state index is 0.145. The molecule has 5 heteroatoms. The number of unbranched alkanes of at least 4 members (excludes halogenated alkanes) is 4. The summed E-state index contributed by atoms with van der Waals surface area (Å²) in [7, 11) is 1.31. The van der Waals surface area contributed by atoms with Crippen LogP contribution in [0.25, 0.3) is 0 Å². The van der Waals surface area contributed by atoms with Crippen molar-refractivity contribution in [3.63, 3.8) is 0 Å². The van der Waals surface area contributed by atoms with E-state index in [1.54, 1.807) is 0 Å². The van der Waals surface area contributed by atoms with Gasteiger partial charge in [0.05, 0.1) is 25.9 Å². The monoisotopic (exact) mass is 328 g/mol. The zero-order valence-corrected chi connectivity index (χ0v) is 13.9. The molecule has 0 atom stereocenters. The van der Waals surface area contributed by atoms with Gasteiger partial charge in [0.2, 0.25) is 5.82 Å². The van der Waals surface area contributed by atoms with Crippen molar-refractivity contribution in [3.8, 4) is 5.75 Å². The maximum absolute atomic E-state index is 13.8. The maximum Gasteiger partial charge on any atom is 0.201 e. The molecule has 1 fully saturated rings. The summed E-state index contributed by atoms with van der Waals surface area (Å²) in [6.07, 6.45) is 6.60. The van der Waals surface area contributed by atoms with Crippen LogP contribution in [-0.2, 0) is 9.47 Å². The van der Waals surface area contributed by atoms with Gasteiger partial charge in [0.1, 0.15) is 0 Å². The lowest BCUT2D eigenvalue weighted by molar-refractivity contribution is -0.206. The lowest BCUT2D eigenvalue weighted by Crippen LogP contribution is -2.27. The molecule has 1 aromatic rings. The van der Waals surface area contributed by atoms with Crippen molar-refractivity contribution < 1.29 is 23.0 Å². The molecule has 130 valence electrons. The number of benzene rings is 1. The van der Waals surface area contributed by atoms with Crippen LogP contribution >= 0.6 is 0 Å². The number of ether oxygens (including phenoxy) is 3. The Hall–Kier alpha value is -1.20. The van der Waals surface area contributed by atoms with E-state index in [0.29, 0.717) is 24.7 Å². The highest BCUT2D eigenvalue weighted by Gasteiger charge is 2.28. The average Bonchev–Trinajstić information content (AvgIpc) is 2.57. The highest BCUT2D eigenvalue weighted by atomic mass is 19.2. The second kappa shape index (κ2) is 9.18. The second-order valence-electron chi connectivity index (χ2n) is 6.05.